The number of anilines is 1. The highest BCUT2D eigenvalue weighted by Gasteiger charge is 2.14. The molecule has 5 nitrogen and oxygen atoms in total. The van der Waals surface area contributed by atoms with Gasteiger partial charge in [-0.15, -0.1) is 11.3 Å². The third-order valence-corrected chi connectivity index (χ3v) is 8.50. The van der Waals surface area contributed by atoms with E-state index in [-0.39, 0.29) is 5.75 Å². The van der Waals surface area contributed by atoms with Gasteiger partial charge < -0.3 is 15.0 Å². The summed E-state index contributed by atoms with van der Waals surface area (Å²) in [5.74, 6) is 0.280. The van der Waals surface area contributed by atoms with Crippen molar-refractivity contribution in [1.29, 1.82) is 0 Å². The lowest BCUT2D eigenvalue weighted by atomic mass is 9.99. The molecule has 0 amide bonds. The van der Waals surface area contributed by atoms with Crippen molar-refractivity contribution in [2.75, 3.05) is 5.32 Å². The zero-order valence-corrected chi connectivity index (χ0v) is 23.6. The third kappa shape index (κ3) is 5.28. The van der Waals surface area contributed by atoms with Crippen LogP contribution in [0.15, 0.2) is 134 Å². The van der Waals surface area contributed by atoms with E-state index in [0.29, 0.717) is 13.1 Å². The van der Waals surface area contributed by atoms with Gasteiger partial charge in [0.15, 0.2) is 0 Å². The molecule has 0 spiro atoms. The summed E-state index contributed by atoms with van der Waals surface area (Å²) in [6.07, 6.45) is 3.68. The van der Waals surface area contributed by atoms with Gasteiger partial charge in [0.05, 0.1) is 35.3 Å². The largest absolute Gasteiger partial charge is 0.508 e. The molecule has 7 aromatic rings. The summed E-state index contributed by atoms with van der Waals surface area (Å²) < 4.78 is 3.25. The Kier molecular flexibility index (Phi) is 6.96. The fraction of sp³-hybridized carbons (Fsp3) is 0.0556. The van der Waals surface area contributed by atoms with E-state index >= 15 is 0 Å². The van der Waals surface area contributed by atoms with Gasteiger partial charge in [-0.1, -0.05) is 84.9 Å². The summed E-state index contributed by atoms with van der Waals surface area (Å²) in [6, 6.07) is 41.2. The number of para-hydroxylation sites is 1. The molecule has 0 aliphatic rings. The molecule has 2 heterocycles. The Hall–Kier alpha value is -5.20. The van der Waals surface area contributed by atoms with Gasteiger partial charge in [0.25, 0.3) is 0 Å². The van der Waals surface area contributed by atoms with Crippen LogP contribution in [-0.4, -0.2) is 19.6 Å². The highest BCUT2D eigenvalue weighted by atomic mass is 32.1. The molecule has 0 fully saturated rings. The van der Waals surface area contributed by atoms with Gasteiger partial charge >= 0.3 is 0 Å². The van der Waals surface area contributed by atoms with Gasteiger partial charge in [-0.05, 0) is 58.7 Å². The Bertz CT molecular complexity index is 1950. The number of phenolic OH excluding ortho intramolecular Hbond substituents is 1. The van der Waals surface area contributed by atoms with Crippen molar-refractivity contribution in [1.82, 2.24) is 14.5 Å². The number of imidazole rings is 1. The minimum Gasteiger partial charge on any atom is -0.508 e. The smallest absolute Gasteiger partial charge is 0.125 e. The lowest BCUT2D eigenvalue weighted by molar-refractivity contribution is 0.465. The van der Waals surface area contributed by atoms with E-state index in [1.165, 1.54) is 4.70 Å². The fourth-order valence-corrected chi connectivity index (χ4v) is 6.21. The van der Waals surface area contributed by atoms with E-state index in [1.807, 2.05) is 67.1 Å². The number of benzene rings is 5. The predicted octanol–water partition coefficient (Wildman–Crippen LogP) is 8.86. The normalized spacial score (nSPS) is 11.1. The molecular weight excluding hydrogens is 536 g/mol. The molecule has 7 rings (SSSR count). The number of hydrogen-bond acceptors (Lipinski definition) is 5. The monoisotopic (exact) mass is 564 g/mol. The first kappa shape index (κ1) is 25.7. The van der Waals surface area contributed by atoms with Crippen molar-refractivity contribution in [3.63, 3.8) is 0 Å². The van der Waals surface area contributed by atoms with E-state index in [4.69, 9.17) is 4.98 Å². The number of aromatic hydroxyl groups is 1. The average molecular weight is 565 g/mol. The zero-order chi connectivity index (χ0) is 28.3. The third-order valence-electron chi connectivity index (χ3n) is 7.43. The van der Waals surface area contributed by atoms with Crippen molar-refractivity contribution in [3.05, 3.63) is 145 Å². The van der Waals surface area contributed by atoms with Gasteiger partial charge in [0.1, 0.15) is 10.8 Å². The summed E-state index contributed by atoms with van der Waals surface area (Å²) in [5, 5.41) is 15.4. The summed E-state index contributed by atoms with van der Waals surface area (Å²) in [5.41, 5.74) is 9.38. The van der Waals surface area contributed by atoms with E-state index in [0.717, 1.165) is 55.3 Å². The van der Waals surface area contributed by atoms with Crippen molar-refractivity contribution in [3.8, 4) is 38.6 Å². The molecule has 0 bridgehead atoms. The Morgan fingerprint density at radius 3 is 2.26 bits per heavy atom. The minimum atomic E-state index is 0.280. The number of fused-ring (bicyclic) bond motifs is 1. The maximum atomic E-state index is 10.8. The summed E-state index contributed by atoms with van der Waals surface area (Å²) in [4.78, 5) is 9.33. The van der Waals surface area contributed by atoms with Crippen LogP contribution in [0.1, 0.15) is 11.3 Å². The molecule has 2 N–H and O–H groups in total. The van der Waals surface area contributed by atoms with Crippen molar-refractivity contribution >= 4 is 27.2 Å². The quantitative estimate of drug-likeness (QED) is 0.194. The van der Waals surface area contributed by atoms with Crippen LogP contribution in [0, 0.1) is 0 Å². The highest BCUT2D eigenvalue weighted by molar-refractivity contribution is 7.21. The summed E-state index contributed by atoms with van der Waals surface area (Å²) in [7, 11) is 0. The van der Waals surface area contributed by atoms with Crippen LogP contribution < -0.4 is 5.32 Å². The number of hydrogen-bond donors (Lipinski definition) is 2. The second-order valence-electron chi connectivity index (χ2n) is 10.2. The van der Waals surface area contributed by atoms with Crippen molar-refractivity contribution in [2.45, 2.75) is 13.1 Å². The lowest BCUT2D eigenvalue weighted by Crippen LogP contribution is -2.08. The fourth-order valence-electron chi connectivity index (χ4n) is 5.21. The molecular formula is C36H28N4OS. The molecule has 0 radical (unpaired) electrons. The van der Waals surface area contributed by atoms with Crippen LogP contribution in [0.3, 0.4) is 0 Å². The van der Waals surface area contributed by atoms with Crippen molar-refractivity contribution in [2.24, 2.45) is 0 Å². The highest BCUT2D eigenvalue weighted by Crippen LogP contribution is 2.38. The molecule has 42 heavy (non-hydrogen) atoms. The molecule has 0 atom stereocenters. The molecule has 0 saturated carbocycles. The Morgan fingerprint density at radius 1 is 0.714 bits per heavy atom. The van der Waals surface area contributed by atoms with Gasteiger partial charge in [-0.2, -0.15) is 0 Å². The van der Waals surface area contributed by atoms with E-state index < -0.39 is 0 Å². The van der Waals surface area contributed by atoms with E-state index in [9.17, 15) is 5.11 Å². The van der Waals surface area contributed by atoms with Gasteiger partial charge in [0, 0.05) is 23.0 Å². The van der Waals surface area contributed by atoms with Crippen LogP contribution in [0.2, 0.25) is 0 Å². The number of rotatable bonds is 8. The topological polar surface area (TPSA) is 63.0 Å². The number of nitrogens with one attached hydrogen (secondary N) is 1. The average Bonchev–Trinajstić information content (AvgIpc) is 3.68. The number of aromatic nitrogens is 3. The van der Waals surface area contributed by atoms with Crippen LogP contribution in [-0.2, 0) is 13.1 Å². The van der Waals surface area contributed by atoms with Crippen LogP contribution in [0.5, 0.6) is 5.75 Å². The Labute approximate surface area is 248 Å². The molecule has 0 unspecified atom stereocenters. The Balaban J connectivity index is 1.13. The first-order chi connectivity index (χ1) is 20.7. The van der Waals surface area contributed by atoms with Gasteiger partial charge in [-0.25, -0.2) is 9.97 Å². The molecule has 5 aromatic carbocycles. The number of phenols is 1. The van der Waals surface area contributed by atoms with Crippen LogP contribution in [0.25, 0.3) is 43.0 Å². The zero-order valence-electron chi connectivity index (χ0n) is 22.8. The summed E-state index contributed by atoms with van der Waals surface area (Å²) >= 11 is 1.72. The SMILES string of the molecule is Oc1cc(-c2ccccc2)ccc1Cn1cncc1CNc1ccc(-c2nc3ccccc3s2)c(-c2ccccc2)c1. The molecule has 204 valence electrons. The van der Waals surface area contributed by atoms with Crippen LogP contribution in [0.4, 0.5) is 5.69 Å². The van der Waals surface area contributed by atoms with Gasteiger partial charge in [0.2, 0.25) is 0 Å². The first-order valence-electron chi connectivity index (χ1n) is 13.9. The molecule has 0 aliphatic heterocycles. The van der Waals surface area contributed by atoms with Gasteiger partial charge in [-0.3, -0.25) is 0 Å². The maximum absolute atomic E-state index is 10.8. The van der Waals surface area contributed by atoms with E-state index in [2.05, 4.69) is 81.6 Å². The maximum Gasteiger partial charge on any atom is 0.125 e. The Morgan fingerprint density at radius 2 is 1.48 bits per heavy atom. The standard InChI is InChI=1S/C36H28N4OS/c41-34-19-27(25-9-3-1-4-10-25)15-16-28(34)23-40-24-37-21-30(40)22-38-29-17-18-31(32(20-29)26-11-5-2-6-12-26)36-39-33-13-7-8-14-35(33)42-36/h1-21,24,38,41H,22-23H2. The molecule has 0 saturated heterocycles. The lowest BCUT2D eigenvalue weighted by Gasteiger charge is -2.14. The molecule has 6 heteroatoms. The molecule has 0 aliphatic carbocycles. The second-order valence-corrected chi connectivity index (χ2v) is 11.2. The number of nitrogens with zero attached hydrogens (tertiary/aromatic N) is 3. The second kappa shape index (κ2) is 11.4. The predicted molar refractivity (Wildman–Crippen MR) is 173 cm³/mol. The van der Waals surface area contributed by atoms with E-state index in [1.54, 1.807) is 11.3 Å². The minimum absolute atomic E-state index is 0.280. The van der Waals surface area contributed by atoms with Crippen LogP contribution >= 0.6 is 11.3 Å². The summed E-state index contributed by atoms with van der Waals surface area (Å²) in [6.45, 7) is 1.13. The van der Waals surface area contributed by atoms with Crippen molar-refractivity contribution < 1.29 is 5.11 Å². The first-order valence-corrected chi connectivity index (χ1v) is 14.7. The molecule has 2 aromatic heterocycles. The number of thiazole rings is 1.